The lowest BCUT2D eigenvalue weighted by atomic mass is 10.0. The Morgan fingerprint density at radius 2 is 1.94 bits per heavy atom. The second-order valence-corrected chi connectivity index (χ2v) is 4.30. The summed E-state index contributed by atoms with van der Waals surface area (Å²) >= 11 is 0. The van der Waals surface area contributed by atoms with Gasteiger partial charge in [0.05, 0.1) is 17.9 Å². The van der Waals surface area contributed by atoms with Crippen molar-refractivity contribution in [3.05, 3.63) is 24.3 Å². The van der Waals surface area contributed by atoms with Crippen LogP contribution in [0.5, 0.6) is 0 Å². The van der Waals surface area contributed by atoms with Crippen LogP contribution in [0, 0.1) is 0 Å². The summed E-state index contributed by atoms with van der Waals surface area (Å²) in [5, 5.41) is 2.98. The van der Waals surface area contributed by atoms with Crippen LogP contribution in [0.15, 0.2) is 24.3 Å². The van der Waals surface area contributed by atoms with E-state index in [1.54, 1.807) is 16.8 Å². The Labute approximate surface area is 99.0 Å². The van der Waals surface area contributed by atoms with E-state index in [0.717, 1.165) is 11.4 Å². The molecule has 0 spiro atoms. The van der Waals surface area contributed by atoms with Crippen molar-refractivity contribution < 1.29 is 9.59 Å². The molecule has 1 fully saturated rings. The monoisotopic (exact) mass is 231 g/mol. The summed E-state index contributed by atoms with van der Waals surface area (Å²) < 4.78 is 0. The highest BCUT2D eigenvalue weighted by atomic mass is 16.2. The Bertz CT molecular complexity index is 500. The number of fused-ring (bicyclic) bond motifs is 3. The molecule has 1 N–H and O–H groups in total. The summed E-state index contributed by atoms with van der Waals surface area (Å²) in [6.45, 7) is 0.811. The van der Waals surface area contributed by atoms with E-state index in [-0.39, 0.29) is 11.8 Å². The van der Waals surface area contributed by atoms with Crippen molar-refractivity contribution in [2.45, 2.75) is 6.04 Å². The van der Waals surface area contributed by atoms with Crippen LogP contribution in [0.4, 0.5) is 11.4 Å². The van der Waals surface area contributed by atoms with E-state index in [1.165, 1.54) is 0 Å². The number of likely N-dealkylation sites (N-methyl/N-ethyl adjacent to an activating group) is 1. The zero-order chi connectivity index (χ0) is 12.0. The van der Waals surface area contributed by atoms with Crippen molar-refractivity contribution in [3.63, 3.8) is 0 Å². The van der Waals surface area contributed by atoms with Crippen LogP contribution >= 0.6 is 0 Å². The lowest BCUT2D eigenvalue weighted by molar-refractivity contribution is -0.126. The zero-order valence-corrected chi connectivity index (χ0v) is 9.51. The molecule has 2 aliphatic rings. The van der Waals surface area contributed by atoms with Gasteiger partial charge in [0.1, 0.15) is 6.04 Å². The molecule has 1 aromatic rings. The Morgan fingerprint density at radius 3 is 2.71 bits per heavy atom. The van der Waals surface area contributed by atoms with Crippen LogP contribution in [0.1, 0.15) is 0 Å². The molecule has 1 aromatic carbocycles. The largest absolute Gasteiger partial charge is 0.312 e. The molecule has 0 radical (unpaired) electrons. The fraction of sp³-hybridized carbons (Fsp3) is 0.333. The molecule has 0 saturated carbocycles. The topological polar surface area (TPSA) is 52.7 Å². The lowest BCUT2D eigenvalue weighted by Gasteiger charge is -2.42. The number of hydrogen-bond donors (Lipinski definition) is 1. The van der Waals surface area contributed by atoms with Crippen molar-refractivity contribution >= 4 is 23.2 Å². The number of carbonyl (C=O) groups is 2. The number of piperazine rings is 1. The molecule has 17 heavy (non-hydrogen) atoms. The van der Waals surface area contributed by atoms with Gasteiger partial charge in [0.25, 0.3) is 5.91 Å². The predicted octanol–water partition coefficient (Wildman–Crippen LogP) is -0.0322. The van der Waals surface area contributed by atoms with Crippen molar-refractivity contribution in [2.75, 3.05) is 29.9 Å². The summed E-state index contributed by atoms with van der Waals surface area (Å²) in [7, 11) is 1.75. The number of benzene rings is 1. The van der Waals surface area contributed by atoms with Gasteiger partial charge in [0.2, 0.25) is 5.91 Å². The molecule has 2 heterocycles. The minimum Gasteiger partial charge on any atom is -0.312 e. The molecule has 1 unspecified atom stereocenters. The first kappa shape index (κ1) is 10.3. The first-order chi connectivity index (χ1) is 8.20. The summed E-state index contributed by atoms with van der Waals surface area (Å²) in [5.41, 5.74) is 1.62. The average molecular weight is 231 g/mol. The maximum atomic E-state index is 12.2. The number of carbonyl (C=O) groups excluding carboxylic acids is 2. The third-order valence-corrected chi connectivity index (χ3v) is 3.31. The second-order valence-electron chi connectivity index (χ2n) is 4.30. The predicted molar refractivity (Wildman–Crippen MR) is 64.0 cm³/mol. The molecule has 3 rings (SSSR count). The van der Waals surface area contributed by atoms with Gasteiger partial charge in [-0.25, -0.2) is 0 Å². The van der Waals surface area contributed by atoms with Crippen molar-refractivity contribution in [1.82, 2.24) is 5.32 Å². The number of hydrogen-bond acceptors (Lipinski definition) is 3. The van der Waals surface area contributed by atoms with Crippen LogP contribution in [0.3, 0.4) is 0 Å². The Morgan fingerprint density at radius 1 is 1.24 bits per heavy atom. The normalized spacial score (nSPS) is 23.5. The number of nitrogens with zero attached hydrogens (tertiary/aromatic N) is 2. The number of amides is 2. The van der Waals surface area contributed by atoms with Gasteiger partial charge in [-0.2, -0.15) is 0 Å². The molecule has 5 heteroatoms. The average Bonchev–Trinajstić information content (AvgIpc) is 2.36. The van der Waals surface area contributed by atoms with Crippen LogP contribution in [0.25, 0.3) is 0 Å². The fourth-order valence-corrected chi connectivity index (χ4v) is 2.46. The van der Waals surface area contributed by atoms with Gasteiger partial charge in [-0.1, -0.05) is 12.1 Å². The molecule has 0 aliphatic carbocycles. The van der Waals surface area contributed by atoms with Gasteiger partial charge in [-0.15, -0.1) is 0 Å². The second kappa shape index (κ2) is 3.56. The fourth-order valence-electron chi connectivity index (χ4n) is 2.46. The van der Waals surface area contributed by atoms with Crippen molar-refractivity contribution in [2.24, 2.45) is 0 Å². The molecular formula is C12H13N3O2. The summed E-state index contributed by atoms with van der Waals surface area (Å²) in [4.78, 5) is 27.3. The van der Waals surface area contributed by atoms with Gasteiger partial charge in [-0.3, -0.25) is 14.5 Å². The maximum Gasteiger partial charge on any atom is 0.251 e. The van der Waals surface area contributed by atoms with Crippen molar-refractivity contribution in [1.29, 1.82) is 0 Å². The molecule has 2 amide bonds. The molecule has 2 aliphatic heterocycles. The Balaban J connectivity index is 2.17. The highest BCUT2D eigenvalue weighted by Crippen LogP contribution is 2.35. The SMILES string of the molecule is CN1C(=O)C2CNCC(=O)N2c2ccccc21. The Hall–Kier alpha value is -1.88. The lowest BCUT2D eigenvalue weighted by Crippen LogP contribution is -2.63. The van der Waals surface area contributed by atoms with E-state index in [4.69, 9.17) is 0 Å². The third-order valence-electron chi connectivity index (χ3n) is 3.31. The summed E-state index contributed by atoms with van der Waals surface area (Å²) in [6, 6.07) is 7.09. The maximum absolute atomic E-state index is 12.2. The first-order valence-electron chi connectivity index (χ1n) is 5.59. The molecule has 88 valence electrons. The van der Waals surface area contributed by atoms with Gasteiger partial charge in [-0.05, 0) is 12.1 Å². The van der Waals surface area contributed by atoms with E-state index in [0.29, 0.717) is 13.1 Å². The highest BCUT2D eigenvalue weighted by Gasteiger charge is 2.41. The highest BCUT2D eigenvalue weighted by molar-refractivity contribution is 6.14. The summed E-state index contributed by atoms with van der Waals surface area (Å²) in [5.74, 6) is -0.0839. The number of anilines is 2. The van der Waals surface area contributed by atoms with Gasteiger partial charge < -0.3 is 10.2 Å². The first-order valence-corrected chi connectivity index (χ1v) is 5.59. The van der Waals surface area contributed by atoms with Crippen LogP contribution in [-0.2, 0) is 9.59 Å². The molecule has 0 aromatic heterocycles. The standard InChI is InChI=1S/C12H13N3O2/c1-14-8-4-2-3-5-9(8)15-10(12(14)17)6-13-7-11(15)16/h2-5,10,13H,6-7H2,1H3. The van der Waals surface area contributed by atoms with E-state index < -0.39 is 6.04 Å². The molecule has 1 atom stereocenters. The van der Waals surface area contributed by atoms with Gasteiger partial charge in [0, 0.05) is 13.6 Å². The third kappa shape index (κ3) is 1.36. The quantitative estimate of drug-likeness (QED) is 0.682. The van der Waals surface area contributed by atoms with E-state index in [9.17, 15) is 9.59 Å². The van der Waals surface area contributed by atoms with E-state index in [2.05, 4.69) is 5.32 Å². The zero-order valence-electron chi connectivity index (χ0n) is 9.51. The van der Waals surface area contributed by atoms with Gasteiger partial charge in [0.15, 0.2) is 0 Å². The Kier molecular flexibility index (Phi) is 2.16. The van der Waals surface area contributed by atoms with Crippen LogP contribution in [0.2, 0.25) is 0 Å². The van der Waals surface area contributed by atoms with Crippen LogP contribution in [-0.4, -0.2) is 38.0 Å². The molecule has 0 bridgehead atoms. The molecular weight excluding hydrogens is 218 g/mol. The number of para-hydroxylation sites is 2. The van der Waals surface area contributed by atoms with E-state index in [1.807, 2.05) is 24.3 Å². The summed E-state index contributed by atoms with van der Waals surface area (Å²) in [6.07, 6.45) is 0. The van der Waals surface area contributed by atoms with Crippen LogP contribution < -0.4 is 15.1 Å². The minimum atomic E-state index is -0.406. The minimum absolute atomic E-state index is 0.0377. The molecule has 1 saturated heterocycles. The number of nitrogens with one attached hydrogen (secondary N) is 1. The molecule has 5 nitrogen and oxygen atoms in total. The van der Waals surface area contributed by atoms with Gasteiger partial charge >= 0.3 is 0 Å². The van der Waals surface area contributed by atoms with E-state index >= 15 is 0 Å². The number of rotatable bonds is 0. The van der Waals surface area contributed by atoms with Crippen molar-refractivity contribution in [3.8, 4) is 0 Å². The smallest absolute Gasteiger partial charge is 0.251 e.